The summed E-state index contributed by atoms with van der Waals surface area (Å²) in [6.07, 6.45) is 7.28. The van der Waals surface area contributed by atoms with E-state index in [1.165, 1.54) is 36.9 Å². The fraction of sp³-hybridized carbons (Fsp3) is 0.917. The lowest BCUT2D eigenvalue weighted by atomic mass is 9.76. The van der Waals surface area contributed by atoms with Crippen LogP contribution in [0.3, 0.4) is 0 Å². The minimum Gasteiger partial charge on any atom is -0.327 e. The molecule has 17 heavy (non-hydrogen) atoms. The van der Waals surface area contributed by atoms with Crippen LogP contribution in [0.5, 0.6) is 0 Å². The van der Waals surface area contributed by atoms with Crippen molar-refractivity contribution in [2.75, 3.05) is 0 Å². The van der Waals surface area contributed by atoms with Crippen molar-refractivity contribution >= 4 is 0 Å². The van der Waals surface area contributed by atoms with E-state index >= 15 is 0 Å². The molecule has 2 rings (SSSR count). The van der Waals surface area contributed by atoms with E-state index in [4.69, 9.17) is 5.73 Å². The molecule has 1 fully saturated rings. The Morgan fingerprint density at radius 2 is 2.29 bits per heavy atom. The van der Waals surface area contributed by atoms with Crippen molar-refractivity contribution in [3.8, 4) is 0 Å². The highest BCUT2D eigenvalue weighted by Gasteiger charge is 2.26. The van der Waals surface area contributed by atoms with Crippen molar-refractivity contribution in [1.82, 2.24) is 20.2 Å². The van der Waals surface area contributed by atoms with Gasteiger partial charge in [-0.15, -0.1) is 10.2 Å². The van der Waals surface area contributed by atoms with E-state index < -0.39 is 0 Å². The van der Waals surface area contributed by atoms with E-state index in [0.717, 1.165) is 18.2 Å². The summed E-state index contributed by atoms with van der Waals surface area (Å²) in [6.45, 7) is 2.28. The molecule has 0 bridgehead atoms. The molecular weight excluding hydrogens is 214 g/mol. The van der Waals surface area contributed by atoms with E-state index in [0.29, 0.717) is 5.92 Å². The Balaban J connectivity index is 1.88. The van der Waals surface area contributed by atoms with Gasteiger partial charge in [-0.3, -0.25) is 0 Å². The summed E-state index contributed by atoms with van der Waals surface area (Å²) in [6, 6.07) is 0.188. The Labute approximate surface area is 103 Å². The van der Waals surface area contributed by atoms with Crippen molar-refractivity contribution < 1.29 is 0 Å². The second-order valence-corrected chi connectivity index (χ2v) is 5.26. The summed E-state index contributed by atoms with van der Waals surface area (Å²) in [5.41, 5.74) is 6.29. The van der Waals surface area contributed by atoms with Crippen molar-refractivity contribution in [3.05, 3.63) is 5.82 Å². The molecule has 2 N–H and O–H groups in total. The van der Waals surface area contributed by atoms with Crippen molar-refractivity contribution in [3.63, 3.8) is 0 Å². The monoisotopic (exact) mass is 237 g/mol. The minimum atomic E-state index is 0.188. The predicted octanol–water partition coefficient (Wildman–Crippen LogP) is 1.30. The number of rotatable bonds is 4. The zero-order chi connectivity index (χ0) is 12.3. The van der Waals surface area contributed by atoms with Gasteiger partial charge in [0.1, 0.15) is 0 Å². The molecule has 5 heteroatoms. The smallest absolute Gasteiger partial charge is 0.176 e. The molecule has 0 radical (unpaired) electrons. The molecule has 0 saturated heterocycles. The van der Waals surface area contributed by atoms with E-state index in [-0.39, 0.29) is 6.04 Å². The first-order valence-corrected chi connectivity index (χ1v) is 6.67. The minimum absolute atomic E-state index is 0.188. The molecule has 1 saturated carbocycles. The van der Waals surface area contributed by atoms with Gasteiger partial charge in [0.15, 0.2) is 5.82 Å². The third-order valence-corrected chi connectivity index (χ3v) is 3.97. The zero-order valence-corrected chi connectivity index (χ0v) is 10.8. The lowest BCUT2D eigenvalue weighted by molar-refractivity contribution is 0.227. The first-order valence-electron chi connectivity index (χ1n) is 6.67. The first kappa shape index (κ1) is 12.5. The Hall–Kier alpha value is -0.970. The van der Waals surface area contributed by atoms with Crippen LogP contribution < -0.4 is 5.73 Å². The summed E-state index contributed by atoms with van der Waals surface area (Å²) in [7, 11) is 1.79. The van der Waals surface area contributed by atoms with E-state index in [1.54, 1.807) is 7.05 Å². The molecule has 0 aromatic carbocycles. The number of nitrogens with zero attached hydrogens (tertiary/aromatic N) is 4. The molecule has 5 nitrogen and oxygen atoms in total. The normalized spacial score (nSPS) is 27.0. The lowest BCUT2D eigenvalue weighted by Gasteiger charge is -2.32. The maximum absolute atomic E-state index is 6.29. The van der Waals surface area contributed by atoms with Crippen LogP contribution in [0, 0.1) is 11.8 Å². The maximum Gasteiger partial charge on any atom is 0.176 e. The number of tetrazole rings is 1. The van der Waals surface area contributed by atoms with Gasteiger partial charge in [0, 0.05) is 12.5 Å². The third-order valence-electron chi connectivity index (χ3n) is 3.97. The van der Waals surface area contributed by atoms with Gasteiger partial charge >= 0.3 is 0 Å². The van der Waals surface area contributed by atoms with Gasteiger partial charge in [0.05, 0.1) is 7.05 Å². The van der Waals surface area contributed by atoms with Crippen LogP contribution in [-0.4, -0.2) is 26.2 Å². The van der Waals surface area contributed by atoms with Gasteiger partial charge in [0.2, 0.25) is 0 Å². The average molecular weight is 237 g/mol. The van der Waals surface area contributed by atoms with Crippen LogP contribution in [-0.2, 0) is 13.5 Å². The molecule has 0 spiro atoms. The second kappa shape index (κ2) is 5.58. The maximum atomic E-state index is 6.29. The summed E-state index contributed by atoms with van der Waals surface area (Å²) in [4.78, 5) is 1.50. The highest BCUT2D eigenvalue weighted by molar-refractivity contribution is 4.88. The topological polar surface area (TPSA) is 69.6 Å². The van der Waals surface area contributed by atoms with Crippen LogP contribution in [0.25, 0.3) is 0 Å². The Kier molecular flexibility index (Phi) is 4.10. The molecule has 1 aromatic rings. The summed E-state index contributed by atoms with van der Waals surface area (Å²) in [5, 5.41) is 12.1. The Morgan fingerprint density at radius 1 is 1.47 bits per heavy atom. The van der Waals surface area contributed by atoms with Crippen LogP contribution in [0.4, 0.5) is 0 Å². The van der Waals surface area contributed by atoms with Crippen LogP contribution in [0.15, 0.2) is 0 Å². The highest BCUT2D eigenvalue weighted by atomic mass is 15.6. The fourth-order valence-corrected chi connectivity index (χ4v) is 2.87. The molecular formula is C12H23N5. The summed E-state index contributed by atoms with van der Waals surface area (Å²) >= 11 is 0. The van der Waals surface area contributed by atoms with Gasteiger partial charge in [-0.2, -0.15) is 4.80 Å². The van der Waals surface area contributed by atoms with E-state index in [1.807, 2.05) is 0 Å². The molecule has 3 atom stereocenters. The Morgan fingerprint density at radius 3 is 2.94 bits per heavy atom. The average Bonchev–Trinajstić information content (AvgIpc) is 2.75. The summed E-state index contributed by atoms with van der Waals surface area (Å²) < 4.78 is 0. The fourth-order valence-electron chi connectivity index (χ4n) is 2.87. The second-order valence-electron chi connectivity index (χ2n) is 5.26. The third kappa shape index (κ3) is 3.25. The van der Waals surface area contributed by atoms with Gasteiger partial charge in [0.25, 0.3) is 0 Å². The molecule has 1 aliphatic rings. The van der Waals surface area contributed by atoms with Crippen LogP contribution in [0.2, 0.25) is 0 Å². The van der Waals surface area contributed by atoms with Crippen molar-refractivity contribution in [1.29, 1.82) is 0 Å². The molecule has 0 aliphatic heterocycles. The SMILES string of the molecule is CCC1CCCC(C(N)Cc2nnn(C)n2)C1. The van der Waals surface area contributed by atoms with E-state index in [2.05, 4.69) is 22.3 Å². The number of aromatic nitrogens is 4. The molecule has 1 heterocycles. The van der Waals surface area contributed by atoms with Crippen molar-refractivity contribution in [2.24, 2.45) is 24.6 Å². The number of nitrogens with two attached hydrogens (primary N) is 1. The standard InChI is InChI=1S/C12H23N5/c1-3-9-5-4-6-10(7-9)11(13)8-12-14-16-17(2)15-12/h9-11H,3-8,13H2,1-2H3. The molecule has 0 amide bonds. The quantitative estimate of drug-likeness (QED) is 0.857. The highest BCUT2D eigenvalue weighted by Crippen LogP contribution is 2.32. The number of aryl methyl sites for hydroxylation is 1. The first-order chi connectivity index (χ1) is 8.19. The Bertz CT molecular complexity index is 348. The molecule has 1 aromatic heterocycles. The largest absolute Gasteiger partial charge is 0.327 e. The predicted molar refractivity (Wildman–Crippen MR) is 66.2 cm³/mol. The molecule has 3 unspecified atom stereocenters. The molecule has 96 valence electrons. The van der Waals surface area contributed by atoms with E-state index in [9.17, 15) is 0 Å². The molecule has 1 aliphatic carbocycles. The van der Waals surface area contributed by atoms with Gasteiger partial charge < -0.3 is 5.73 Å². The van der Waals surface area contributed by atoms with Crippen LogP contribution >= 0.6 is 0 Å². The zero-order valence-electron chi connectivity index (χ0n) is 10.8. The lowest BCUT2D eigenvalue weighted by Crippen LogP contribution is -2.35. The van der Waals surface area contributed by atoms with Gasteiger partial charge in [-0.25, -0.2) is 0 Å². The van der Waals surface area contributed by atoms with Gasteiger partial charge in [-0.05, 0) is 29.9 Å². The summed E-state index contributed by atoms with van der Waals surface area (Å²) in [5.74, 6) is 2.28. The number of hydrogen-bond donors (Lipinski definition) is 1. The van der Waals surface area contributed by atoms with Gasteiger partial charge in [-0.1, -0.05) is 26.2 Å². The number of hydrogen-bond acceptors (Lipinski definition) is 4. The van der Waals surface area contributed by atoms with Crippen molar-refractivity contribution in [2.45, 2.75) is 51.5 Å². The van der Waals surface area contributed by atoms with Crippen LogP contribution in [0.1, 0.15) is 44.9 Å².